The fourth-order valence-corrected chi connectivity index (χ4v) is 2.23. The van der Waals surface area contributed by atoms with Crippen molar-refractivity contribution in [1.82, 2.24) is 14.8 Å². The molecule has 1 N–H and O–H groups in total. The van der Waals surface area contributed by atoms with Gasteiger partial charge >= 0.3 is 0 Å². The van der Waals surface area contributed by atoms with Crippen molar-refractivity contribution in [1.29, 1.82) is 0 Å². The topological polar surface area (TPSA) is 42.7 Å². The lowest BCUT2D eigenvalue weighted by molar-refractivity contribution is 0.767. The van der Waals surface area contributed by atoms with E-state index in [1.165, 1.54) is 11.1 Å². The van der Waals surface area contributed by atoms with Crippen LogP contribution in [-0.4, -0.2) is 14.8 Å². The first-order valence-corrected chi connectivity index (χ1v) is 6.30. The molecule has 4 nitrogen and oxygen atoms in total. The van der Waals surface area contributed by atoms with Crippen LogP contribution in [0, 0.1) is 6.92 Å². The molecular formula is C15H16N4. The summed E-state index contributed by atoms with van der Waals surface area (Å²) >= 11 is 0. The molecule has 0 amide bonds. The van der Waals surface area contributed by atoms with Gasteiger partial charge in [0.1, 0.15) is 0 Å². The van der Waals surface area contributed by atoms with Crippen LogP contribution in [-0.2, 0) is 13.6 Å². The van der Waals surface area contributed by atoms with Crippen molar-refractivity contribution in [3.05, 3.63) is 54.0 Å². The van der Waals surface area contributed by atoms with E-state index in [1.54, 1.807) is 0 Å². The molecule has 3 aromatic rings. The summed E-state index contributed by atoms with van der Waals surface area (Å²) < 4.78 is 1.81. The number of benzene rings is 1. The van der Waals surface area contributed by atoms with E-state index in [1.807, 2.05) is 36.4 Å². The summed E-state index contributed by atoms with van der Waals surface area (Å²) in [6.07, 6.45) is 5.73. The molecule has 0 aliphatic rings. The average Bonchev–Trinajstić information content (AvgIpc) is 2.84. The van der Waals surface area contributed by atoms with E-state index in [0.717, 1.165) is 23.1 Å². The Labute approximate surface area is 112 Å². The van der Waals surface area contributed by atoms with Crippen molar-refractivity contribution in [2.75, 3.05) is 5.32 Å². The van der Waals surface area contributed by atoms with E-state index in [0.29, 0.717) is 0 Å². The molecule has 0 unspecified atom stereocenters. The van der Waals surface area contributed by atoms with E-state index in [4.69, 9.17) is 0 Å². The molecule has 0 fully saturated rings. The van der Waals surface area contributed by atoms with Gasteiger partial charge in [0.05, 0.1) is 11.7 Å². The number of fused-ring (bicyclic) bond motifs is 1. The lowest BCUT2D eigenvalue weighted by atomic mass is 10.1. The lowest BCUT2D eigenvalue weighted by Gasteiger charge is -2.10. The van der Waals surface area contributed by atoms with Crippen LogP contribution in [0.5, 0.6) is 0 Å². The van der Waals surface area contributed by atoms with Gasteiger partial charge in [-0.05, 0) is 30.7 Å². The third-order valence-corrected chi connectivity index (χ3v) is 3.21. The first-order chi connectivity index (χ1) is 9.24. The molecule has 96 valence electrons. The highest BCUT2D eigenvalue weighted by atomic mass is 15.2. The third-order valence-electron chi connectivity index (χ3n) is 3.21. The number of anilines is 1. The van der Waals surface area contributed by atoms with Crippen molar-refractivity contribution in [2.24, 2.45) is 7.05 Å². The molecule has 0 aliphatic heterocycles. The molecule has 2 aromatic heterocycles. The van der Waals surface area contributed by atoms with Crippen LogP contribution in [0.4, 0.5) is 5.69 Å². The molecule has 19 heavy (non-hydrogen) atoms. The van der Waals surface area contributed by atoms with Gasteiger partial charge in [-0.3, -0.25) is 9.67 Å². The summed E-state index contributed by atoms with van der Waals surface area (Å²) in [4.78, 5) is 4.44. The van der Waals surface area contributed by atoms with Crippen LogP contribution in [0.1, 0.15) is 11.1 Å². The van der Waals surface area contributed by atoms with E-state index in [-0.39, 0.29) is 0 Å². The Morgan fingerprint density at radius 3 is 2.95 bits per heavy atom. The largest absolute Gasteiger partial charge is 0.380 e. The molecule has 0 radical (unpaired) electrons. The van der Waals surface area contributed by atoms with E-state index < -0.39 is 0 Å². The van der Waals surface area contributed by atoms with Gasteiger partial charge in [-0.15, -0.1) is 0 Å². The minimum absolute atomic E-state index is 0.765. The predicted octanol–water partition coefficient (Wildman–Crippen LogP) is 2.89. The SMILES string of the molecule is Cc1ccc(NCc2cnn(C)c2)c2cccnc12. The van der Waals surface area contributed by atoms with Crippen LogP contribution in [0.2, 0.25) is 0 Å². The highest BCUT2D eigenvalue weighted by Gasteiger charge is 2.04. The van der Waals surface area contributed by atoms with Crippen molar-refractivity contribution in [3.8, 4) is 0 Å². The molecular weight excluding hydrogens is 236 g/mol. The summed E-state index contributed by atoms with van der Waals surface area (Å²) in [6.45, 7) is 2.85. The second-order valence-electron chi connectivity index (χ2n) is 4.71. The summed E-state index contributed by atoms with van der Waals surface area (Å²) in [5.74, 6) is 0. The zero-order chi connectivity index (χ0) is 13.2. The summed E-state index contributed by atoms with van der Waals surface area (Å²) in [7, 11) is 1.93. The Balaban J connectivity index is 1.91. The molecule has 0 bridgehead atoms. The quantitative estimate of drug-likeness (QED) is 0.779. The lowest BCUT2D eigenvalue weighted by Crippen LogP contribution is -2.00. The second kappa shape index (κ2) is 4.72. The van der Waals surface area contributed by atoms with Crippen LogP contribution < -0.4 is 5.32 Å². The van der Waals surface area contributed by atoms with Crippen molar-refractivity contribution < 1.29 is 0 Å². The number of rotatable bonds is 3. The molecule has 3 rings (SSSR count). The number of pyridine rings is 1. The molecule has 0 spiro atoms. The maximum Gasteiger partial charge on any atom is 0.0751 e. The number of nitrogens with one attached hydrogen (secondary N) is 1. The van der Waals surface area contributed by atoms with Gasteiger partial charge in [0.15, 0.2) is 0 Å². The standard InChI is InChI=1S/C15H16N4/c1-11-5-6-14(13-4-3-7-16-15(11)13)17-8-12-9-18-19(2)10-12/h3-7,9-10,17H,8H2,1-2H3. The Morgan fingerprint density at radius 2 is 2.16 bits per heavy atom. The van der Waals surface area contributed by atoms with Crippen LogP contribution >= 0.6 is 0 Å². The second-order valence-corrected chi connectivity index (χ2v) is 4.71. The zero-order valence-electron chi connectivity index (χ0n) is 11.1. The zero-order valence-corrected chi connectivity index (χ0v) is 11.1. The fraction of sp³-hybridized carbons (Fsp3) is 0.200. The van der Waals surface area contributed by atoms with Gasteiger partial charge in [0.25, 0.3) is 0 Å². The number of hydrogen-bond donors (Lipinski definition) is 1. The van der Waals surface area contributed by atoms with Crippen molar-refractivity contribution >= 4 is 16.6 Å². The van der Waals surface area contributed by atoms with Gasteiger partial charge < -0.3 is 5.32 Å². The van der Waals surface area contributed by atoms with Gasteiger partial charge in [-0.2, -0.15) is 5.10 Å². The van der Waals surface area contributed by atoms with Gasteiger partial charge in [-0.25, -0.2) is 0 Å². The van der Waals surface area contributed by atoms with E-state index in [9.17, 15) is 0 Å². The Bertz CT molecular complexity index is 715. The molecule has 0 saturated heterocycles. The number of nitrogens with zero attached hydrogens (tertiary/aromatic N) is 3. The predicted molar refractivity (Wildman–Crippen MR) is 77.0 cm³/mol. The molecule has 0 saturated carbocycles. The van der Waals surface area contributed by atoms with Gasteiger partial charge in [0, 0.05) is 42.6 Å². The highest BCUT2D eigenvalue weighted by molar-refractivity contribution is 5.93. The summed E-state index contributed by atoms with van der Waals surface area (Å²) in [5.41, 5.74) is 4.53. The Kier molecular flexibility index (Phi) is 2.91. The van der Waals surface area contributed by atoms with Gasteiger partial charge in [-0.1, -0.05) is 6.07 Å². The number of aryl methyl sites for hydroxylation is 2. The van der Waals surface area contributed by atoms with E-state index in [2.05, 4.69) is 40.5 Å². The normalized spacial score (nSPS) is 10.8. The average molecular weight is 252 g/mol. The Hall–Kier alpha value is -2.36. The van der Waals surface area contributed by atoms with Crippen LogP contribution in [0.3, 0.4) is 0 Å². The fourth-order valence-electron chi connectivity index (χ4n) is 2.23. The third kappa shape index (κ3) is 2.29. The minimum Gasteiger partial charge on any atom is -0.380 e. The molecule has 1 aromatic carbocycles. The number of hydrogen-bond acceptors (Lipinski definition) is 3. The molecule has 4 heteroatoms. The maximum atomic E-state index is 4.44. The molecule has 0 aliphatic carbocycles. The monoisotopic (exact) mass is 252 g/mol. The Morgan fingerprint density at radius 1 is 1.26 bits per heavy atom. The van der Waals surface area contributed by atoms with Crippen molar-refractivity contribution in [2.45, 2.75) is 13.5 Å². The van der Waals surface area contributed by atoms with E-state index >= 15 is 0 Å². The number of aromatic nitrogens is 3. The first kappa shape index (κ1) is 11.7. The van der Waals surface area contributed by atoms with Gasteiger partial charge in [0.2, 0.25) is 0 Å². The molecule has 0 atom stereocenters. The summed E-state index contributed by atoms with van der Waals surface area (Å²) in [6, 6.07) is 8.27. The summed E-state index contributed by atoms with van der Waals surface area (Å²) in [5, 5.41) is 8.78. The van der Waals surface area contributed by atoms with Crippen molar-refractivity contribution in [3.63, 3.8) is 0 Å². The first-order valence-electron chi connectivity index (χ1n) is 6.30. The van der Waals surface area contributed by atoms with Crippen LogP contribution in [0.25, 0.3) is 10.9 Å². The molecule has 2 heterocycles. The smallest absolute Gasteiger partial charge is 0.0751 e. The minimum atomic E-state index is 0.765. The maximum absolute atomic E-state index is 4.44. The van der Waals surface area contributed by atoms with Crippen LogP contribution in [0.15, 0.2) is 42.9 Å². The highest BCUT2D eigenvalue weighted by Crippen LogP contribution is 2.24.